The van der Waals surface area contributed by atoms with Crippen molar-refractivity contribution in [1.29, 1.82) is 0 Å². The number of anilines is 2. The third-order valence-corrected chi connectivity index (χ3v) is 8.68. The Morgan fingerprint density at radius 1 is 1.00 bits per heavy atom. The molecule has 0 unspecified atom stereocenters. The molecule has 2 aromatic carbocycles. The van der Waals surface area contributed by atoms with Crippen LogP contribution in [0.3, 0.4) is 0 Å². The van der Waals surface area contributed by atoms with Gasteiger partial charge in [-0.05, 0) is 68.0 Å². The van der Waals surface area contributed by atoms with Gasteiger partial charge in [-0.3, -0.25) is 10.1 Å². The van der Waals surface area contributed by atoms with E-state index in [1.165, 1.54) is 11.3 Å². The number of para-hydroxylation sites is 1. The molecule has 4 aromatic rings. The number of carbonyl (C=O) groups excluding carboxylic acids is 2. The minimum absolute atomic E-state index is 0.0542. The second-order valence-electron chi connectivity index (χ2n) is 11.7. The Morgan fingerprint density at radius 2 is 1.71 bits per heavy atom. The highest BCUT2D eigenvalue weighted by Crippen LogP contribution is 2.30. The van der Waals surface area contributed by atoms with Gasteiger partial charge in [0.15, 0.2) is 0 Å². The van der Waals surface area contributed by atoms with Crippen molar-refractivity contribution in [1.82, 2.24) is 14.7 Å². The standard InChI is InChI=1S/C32H36ClN5O2S/c1-21-9-11-24(12-10-21)38-29(20-27(36-38)32(2,3)4)35-31(40)34-25-8-6-5-7-23(25)19-22-15-17-37(18-16-22)30(39)26-13-14-28(33)41-26/h5-14,20,22H,15-19H2,1-4H3,(H2,34,35,40). The van der Waals surface area contributed by atoms with Gasteiger partial charge in [0.2, 0.25) is 0 Å². The number of likely N-dealkylation sites (tertiary alicyclic amines) is 1. The zero-order valence-electron chi connectivity index (χ0n) is 23.9. The third-order valence-electron chi connectivity index (χ3n) is 7.46. The van der Waals surface area contributed by atoms with Crippen LogP contribution in [0, 0.1) is 12.8 Å². The summed E-state index contributed by atoms with van der Waals surface area (Å²) in [5.74, 6) is 1.09. The van der Waals surface area contributed by atoms with Crippen molar-refractivity contribution in [2.45, 2.75) is 52.4 Å². The van der Waals surface area contributed by atoms with Gasteiger partial charge in [-0.1, -0.05) is 68.3 Å². The van der Waals surface area contributed by atoms with Gasteiger partial charge in [-0.25, -0.2) is 9.48 Å². The van der Waals surface area contributed by atoms with Crippen molar-refractivity contribution in [3.05, 3.63) is 92.8 Å². The molecule has 1 saturated heterocycles. The highest BCUT2D eigenvalue weighted by molar-refractivity contribution is 7.17. The molecule has 1 aliphatic rings. The van der Waals surface area contributed by atoms with Gasteiger partial charge in [0.05, 0.1) is 20.6 Å². The van der Waals surface area contributed by atoms with E-state index in [9.17, 15) is 9.59 Å². The minimum Gasteiger partial charge on any atom is -0.338 e. The first-order valence-corrected chi connectivity index (χ1v) is 15.1. The van der Waals surface area contributed by atoms with Crippen LogP contribution in [0.4, 0.5) is 16.3 Å². The number of rotatable bonds is 6. The minimum atomic E-state index is -0.318. The molecule has 2 aromatic heterocycles. The number of nitrogens with zero attached hydrogens (tertiary/aromatic N) is 3. The summed E-state index contributed by atoms with van der Waals surface area (Å²) in [5.41, 5.74) is 4.63. The van der Waals surface area contributed by atoms with Crippen molar-refractivity contribution in [3.8, 4) is 5.69 Å². The summed E-state index contributed by atoms with van der Waals surface area (Å²) in [6.07, 6.45) is 2.66. The fourth-order valence-corrected chi connectivity index (χ4v) is 6.06. The van der Waals surface area contributed by atoms with Crippen LogP contribution in [0.1, 0.15) is 60.1 Å². The van der Waals surface area contributed by atoms with Gasteiger partial charge in [0, 0.05) is 30.3 Å². The number of amides is 3. The highest BCUT2D eigenvalue weighted by atomic mass is 35.5. The molecule has 0 bridgehead atoms. The Balaban J connectivity index is 1.25. The lowest BCUT2D eigenvalue weighted by molar-refractivity contribution is 0.0695. The zero-order valence-corrected chi connectivity index (χ0v) is 25.5. The molecule has 7 nitrogen and oxygen atoms in total. The normalized spacial score (nSPS) is 14.2. The Labute approximate surface area is 250 Å². The number of hydrogen-bond acceptors (Lipinski definition) is 4. The van der Waals surface area contributed by atoms with Crippen LogP contribution in [0.15, 0.2) is 66.7 Å². The van der Waals surface area contributed by atoms with Crippen molar-refractivity contribution in [2.24, 2.45) is 5.92 Å². The van der Waals surface area contributed by atoms with E-state index < -0.39 is 0 Å². The SMILES string of the molecule is Cc1ccc(-n2nc(C(C)(C)C)cc2NC(=O)Nc2ccccc2CC2CCN(C(=O)c3ccc(Cl)s3)CC2)cc1. The van der Waals surface area contributed by atoms with Crippen LogP contribution in [-0.4, -0.2) is 39.7 Å². The van der Waals surface area contributed by atoms with Crippen LogP contribution in [-0.2, 0) is 11.8 Å². The first kappa shape index (κ1) is 28.9. The average molecular weight is 590 g/mol. The molecule has 0 radical (unpaired) electrons. The second-order valence-corrected chi connectivity index (χ2v) is 13.4. The molecule has 2 N–H and O–H groups in total. The van der Waals surface area contributed by atoms with E-state index in [4.69, 9.17) is 16.7 Å². The Bertz CT molecular complexity index is 1530. The van der Waals surface area contributed by atoms with Gasteiger partial charge in [0.25, 0.3) is 5.91 Å². The van der Waals surface area contributed by atoms with E-state index >= 15 is 0 Å². The number of piperidine rings is 1. The fourth-order valence-electron chi connectivity index (χ4n) is 5.05. The summed E-state index contributed by atoms with van der Waals surface area (Å²) in [7, 11) is 0. The maximum atomic E-state index is 13.3. The lowest BCUT2D eigenvalue weighted by atomic mass is 9.89. The topological polar surface area (TPSA) is 79.3 Å². The van der Waals surface area contributed by atoms with E-state index in [1.807, 2.05) is 60.4 Å². The molecule has 0 atom stereocenters. The molecular weight excluding hydrogens is 554 g/mol. The van der Waals surface area contributed by atoms with E-state index in [-0.39, 0.29) is 17.4 Å². The van der Waals surface area contributed by atoms with Crippen molar-refractivity contribution >= 4 is 46.4 Å². The number of carbonyl (C=O) groups is 2. The monoisotopic (exact) mass is 589 g/mol. The number of thiophene rings is 1. The van der Waals surface area contributed by atoms with Crippen molar-refractivity contribution in [2.75, 3.05) is 23.7 Å². The number of urea groups is 1. The van der Waals surface area contributed by atoms with Crippen LogP contribution in [0.25, 0.3) is 5.69 Å². The predicted molar refractivity (Wildman–Crippen MR) is 168 cm³/mol. The summed E-state index contributed by atoms with van der Waals surface area (Å²) in [5, 5.41) is 10.9. The Kier molecular flexibility index (Phi) is 8.52. The number of hydrogen-bond donors (Lipinski definition) is 2. The van der Waals surface area contributed by atoms with Crippen LogP contribution >= 0.6 is 22.9 Å². The molecule has 0 saturated carbocycles. The van der Waals surface area contributed by atoms with Gasteiger partial charge in [0.1, 0.15) is 5.82 Å². The van der Waals surface area contributed by atoms with Crippen LogP contribution in [0.5, 0.6) is 0 Å². The summed E-state index contributed by atoms with van der Waals surface area (Å²) in [4.78, 5) is 28.7. The number of nitrogens with one attached hydrogen (secondary N) is 2. The second kappa shape index (κ2) is 12.1. The van der Waals surface area contributed by atoms with E-state index in [2.05, 4.69) is 37.5 Å². The molecule has 0 spiro atoms. The molecule has 3 amide bonds. The van der Waals surface area contributed by atoms with E-state index in [0.29, 0.717) is 34.0 Å². The van der Waals surface area contributed by atoms with Crippen LogP contribution in [0.2, 0.25) is 4.34 Å². The molecule has 214 valence electrons. The summed E-state index contributed by atoms with van der Waals surface area (Å²) < 4.78 is 2.41. The number of aryl methyl sites for hydroxylation is 1. The quantitative estimate of drug-likeness (QED) is 0.240. The van der Waals surface area contributed by atoms with E-state index in [0.717, 1.165) is 47.5 Å². The zero-order chi connectivity index (χ0) is 29.1. The lowest BCUT2D eigenvalue weighted by Crippen LogP contribution is -2.38. The van der Waals surface area contributed by atoms with Crippen LogP contribution < -0.4 is 10.6 Å². The first-order chi connectivity index (χ1) is 19.6. The number of aromatic nitrogens is 2. The van der Waals surface area contributed by atoms with Crippen molar-refractivity contribution < 1.29 is 9.59 Å². The predicted octanol–water partition coefficient (Wildman–Crippen LogP) is 7.93. The summed E-state index contributed by atoms with van der Waals surface area (Å²) in [6.45, 7) is 9.79. The smallest absolute Gasteiger partial charge is 0.324 e. The van der Waals surface area contributed by atoms with Gasteiger partial charge in [-0.2, -0.15) is 5.10 Å². The molecule has 0 aliphatic carbocycles. The molecule has 5 rings (SSSR count). The largest absolute Gasteiger partial charge is 0.338 e. The molecular formula is C32H36ClN5O2S. The molecule has 9 heteroatoms. The highest BCUT2D eigenvalue weighted by Gasteiger charge is 2.26. The lowest BCUT2D eigenvalue weighted by Gasteiger charge is -2.32. The molecule has 1 fully saturated rings. The Hall–Kier alpha value is -3.62. The van der Waals surface area contributed by atoms with Gasteiger partial charge < -0.3 is 10.2 Å². The van der Waals surface area contributed by atoms with Gasteiger partial charge >= 0.3 is 6.03 Å². The molecule has 41 heavy (non-hydrogen) atoms. The molecule has 1 aliphatic heterocycles. The van der Waals surface area contributed by atoms with Gasteiger partial charge in [-0.15, -0.1) is 11.3 Å². The summed E-state index contributed by atoms with van der Waals surface area (Å²) in [6, 6.07) is 21.2. The third kappa shape index (κ3) is 7.00. The van der Waals surface area contributed by atoms with E-state index in [1.54, 1.807) is 16.8 Å². The fraction of sp³-hybridized carbons (Fsp3) is 0.344. The van der Waals surface area contributed by atoms with Crippen molar-refractivity contribution in [3.63, 3.8) is 0 Å². The maximum Gasteiger partial charge on any atom is 0.324 e. The number of halogens is 1. The first-order valence-electron chi connectivity index (χ1n) is 13.9. The summed E-state index contributed by atoms with van der Waals surface area (Å²) >= 11 is 7.35. The maximum absolute atomic E-state index is 13.3. The Morgan fingerprint density at radius 3 is 2.37 bits per heavy atom. The molecule has 3 heterocycles. The average Bonchev–Trinajstić information content (AvgIpc) is 3.57. The number of benzene rings is 2.